The van der Waals surface area contributed by atoms with Gasteiger partial charge in [-0.05, 0) is 37.1 Å². The first-order valence-electron chi connectivity index (χ1n) is 7.56. The highest BCUT2D eigenvalue weighted by Crippen LogP contribution is 2.30. The van der Waals surface area contributed by atoms with Gasteiger partial charge in [0.25, 0.3) is 0 Å². The molecule has 0 aliphatic carbocycles. The molecule has 124 valence electrons. The summed E-state index contributed by atoms with van der Waals surface area (Å²) in [7, 11) is 0. The molecule has 0 aromatic heterocycles. The van der Waals surface area contributed by atoms with Crippen LogP contribution in [-0.2, 0) is 0 Å². The summed E-state index contributed by atoms with van der Waals surface area (Å²) in [4.78, 5) is 0. The van der Waals surface area contributed by atoms with Gasteiger partial charge in [0.15, 0.2) is 0 Å². The zero-order valence-electron chi connectivity index (χ0n) is 13.1. The number of halogens is 3. The molecule has 5 heteroatoms. The molecule has 0 radical (unpaired) electrons. The molecular weight excluding hydrogens is 303 g/mol. The monoisotopic (exact) mass is 323 g/mol. The molecule has 2 unspecified atom stereocenters. The molecular formula is C18H20F3NO. The van der Waals surface area contributed by atoms with Crippen LogP contribution in [-0.4, -0.2) is 6.61 Å². The van der Waals surface area contributed by atoms with Gasteiger partial charge in [0.1, 0.15) is 11.6 Å². The van der Waals surface area contributed by atoms with Crippen LogP contribution in [0, 0.1) is 5.82 Å². The van der Waals surface area contributed by atoms with E-state index in [0.29, 0.717) is 12.0 Å². The van der Waals surface area contributed by atoms with Crippen LogP contribution >= 0.6 is 0 Å². The maximum absolute atomic E-state index is 13.0. The minimum absolute atomic E-state index is 0.0554. The summed E-state index contributed by atoms with van der Waals surface area (Å²) < 4.78 is 42.7. The van der Waals surface area contributed by atoms with Crippen molar-refractivity contribution in [3.63, 3.8) is 0 Å². The van der Waals surface area contributed by atoms with Crippen LogP contribution in [0.15, 0.2) is 48.5 Å². The number of alkyl halides is 2. The van der Waals surface area contributed by atoms with Gasteiger partial charge in [0.2, 0.25) is 0 Å². The molecule has 0 amide bonds. The molecule has 2 nitrogen and oxygen atoms in total. The average Bonchev–Trinajstić information content (AvgIpc) is 2.53. The largest absolute Gasteiger partial charge is 0.434 e. The fourth-order valence-electron chi connectivity index (χ4n) is 2.55. The summed E-state index contributed by atoms with van der Waals surface area (Å²) in [6, 6.07) is 12.8. The van der Waals surface area contributed by atoms with E-state index in [1.165, 1.54) is 18.2 Å². The Morgan fingerprint density at radius 2 is 1.70 bits per heavy atom. The van der Waals surface area contributed by atoms with E-state index in [1.807, 2.05) is 13.8 Å². The lowest BCUT2D eigenvalue weighted by molar-refractivity contribution is -0.0507. The van der Waals surface area contributed by atoms with E-state index < -0.39 is 6.61 Å². The summed E-state index contributed by atoms with van der Waals surface area (Å²) in [5.74, 6) is -0.114. The molecule has 0 saturated heterocycles. The van der Waals surface area contributed by atoms with Gasteiger partial charge in [-0.25, -0.2) is 4.39 Å². The van der Waals surface area contributed by atoms with Crippen LogP contribution in [0.4, 0.5) is 13.2 Å². The molecule has 0 aliphatic rings. The van der Waals surface area contributed by atoms with Crippen molar-refractivity contribution in [2.45, 2.75) is 39.0 Å². The van der Waals surface area contributed by atoms with Gasteiger partial charge in [-0.15, -0.1) is 0 Å². The van der Waals surface area contributed by atoms with E-state index in [-0.39, 0.29) is 23.7 Å². The fraction of sp³-hybridized carbons (Fsp3) is 0.333. The van der Waals surface area contributed by atoms with E-state index in [0.717, 1.165) is 5.56 Å². The normalized spacial score (nSPS) is 13.8. The van der Waals surface area contributed by atoms with Crippen molar-refractivity contribution >= 4 is 0 Å². The van der Waals surface area contributed by atoms with Crippen LogP contribution in [0.25, 0.3) is 0 Å². The Bertz CT molecular complexity index is 616. The minimum Gasteiger partial charge on any atom is -0.434 e. The van der Waals surface area contributed by atoms with Crippen molar-refractivity contribution in [1.29, 1.82) is 0 Å². The van der Waals surface area contributed by atoms with E-state index in [1.54, 1.807) is 30.3 Å². The van der Waals surface area contributed by atoms with Crippen molar-refractivity contribution in [1.82, 2.24) is 5.32 Å². The highest BCUT2D eigenvalue weighted by Gasteiger charge is 2.19. The molecule has 0 spiro atoms. The third kappa shape index (κ3) is 4.73. The Morgan fingerprint density at radius 3 is 2.30 bits per heavy atom. The lowest BCUT2D eigenvalue weighted by Crippen LogP contribution is -2.25. The lowest BCUT2D eigenvalue weighted by Gasteiger charge is -2.25. The second-order valence-electron chi connectivity index (χ2n) is 5.32. The summed E-state index contributed by atoms with van der Waals surface area (Å²) in [6.45, 7) is 1.06. The summed E-state index contributed by atoms with van der Waals surface area (Å²) >= 11 is 0. The fourth-order valence-corrected chi connectivity index (χ4v) is 2.55. The van der Waals surface area contributed by atoms with E-state index in [9.17, 15) is 13.2 Å². The number of rotatable bonds is 7. The molecule has 0 aliphatic heterocycles. The molecule has 0 fully saturated rings. The van der Waals surface area contributed by atoms with Crippen LogP contribution in [0.3, 0.4) is 0 Å². The van der Waals surface area contributed by atoms with Gasteiger partial charge in [0, 0.05) is 17.6 Å². The second-order valence-corrected chi connectivity index (χ2v) is 5.32. The van der Waals surface area contributed by atoms with Crippen molar-refractivity contribution < 1.29 is 17.9 Å². The molecule has 0 bridgehead atoms. The molecule has 0 saturated carbocycles. The third-order valence-electron chi connectivity index (χ3n) is 3.74. The second kappa shape index (κ2) is 8.02. The van der Waals surface area contributed by atoms with Gasteiger partial charge >= 0.3 is 6.61 Å². The van der Waals surface area contributed by atoms with Crippen LogP contribution in [0.2, 0.25) is 0 Å². The van der Waals surface area contributed by atoms with E-state index in [4.69, 9.17) is 0 Å². The first-order valence-corrected chi connectivity index (χ1v) is 7.56. The maximum atomic E-state index is 13.0. The zero-order valence-corrected chi connectivity index (χ0v) is 13.1. The quantitative estimate of drug-likeness (QED) is 0.753. The Morgan fingerprint density at radius 1 is 1.04 bits per heavy atom. The van der Waals surface area contributed by atoms with Crippen LogP contribution < -0.4 is 10.1 Å². The van der Waals surface area contributed by atoms with Crippen molar-refractivity contribution in [3.05, 3.63) is 65.5 Å². The standard InChI is InChI=1S/C18H20F3NO/c1-3-16(15-6-4-5-7-17(15)23-18(20)21)22-12(2)13-8-10-14(19)11-9-13/h4-12,16,18,22H,3H2,1-2H3. The number of para-hydroxylation sites is 1. The summed E-state index contributed by atoms with van der Waals surface area (Å²) in [5, 5.41) is 3.38. The smallest absolute Gasteiger partial charge is 0.387 e. The first kappa shape index (κ1) is 17.3. The van der Waals surface area contributed by atoms with Gasteiger partial charge in [0.05, 0.1) is 0 Å². The summed E-state index contributed by atoms with van der Waals surface area (Å²) in [6.07, 6.45) is 0.704. The van der Waals surface area contributed by atoms with Gasteiger partial charge < -0.3 is 10.1 Å². The Hall–Kier alpha value is -2.01. The Balaban J connectivity index is 2.18. The Labute approximate surface area is 134 Å². The van der Waals surface area contributed by atoms with Gasteiger partial charge in [-0.2, -0.15) is 8.78 Å². The number of nitrogens with one attached hydrogen (secondary N) is 1. The minimum atomic E-state index is -2.86. The highest BCUT2D eigenvalue weighted by molar-refractivity contribution is 5.36. The van der Waals surface area contributed by atoms with Gasteiger partial charge in [-0.3, -0.25) is 0 Å². The predicted octanol–water partition coefficient (Wildman–Crippen LogP) is 5.23. The number of hydrogen-bond donors (Lipinski definition) is 1. The predicted molar refractivity (Wildman–Crippen MR) is 84.1 cm³/mol. The molecule has 23 heavy (non-hydrogen) atoms. The number of ether oxygens (including phenoxy) is 1. The van der Waals surface area contributed by atoms with Crippen molar-refractivity contribution in [2.75, 3.05) is 0 Å². The SMILES string of the molecule is CCC(NC(C)c1ccc(F)cc1)c1ccccc1OC(F)F. The van der Waals surface area contributed by atoms with Gasteiger partial charge in [-0.1, -0.05) is 37.3 Å². The first-order chi connectivity index (χ1) is 11.0. The molecule has 2 atom stereocenters. The number of hydrogen-bond acceptors (Lipinski definition) is 2. The van der Waals surface area contributed by atoms with Crippen molar-refractivity contribution in [2.24, 2.45) is 0 Å². The highest BCUT2D eigenvalue weighted by atomic mass is 19.3. The van der Waals surface area contributed by atoms with Crippen molar-refractivity contribution in [3.8, 4) is 5.75 Å². The topological polar surface area (TPSA) is 21.3 Å². The molecule has 2 rings (SSSR count). The zero-order chi connectivity index (χ0) is 16.8. The van der Waals surface area contributed by atoms with Crippen LogP contribution in [0.1, 0.15) is 43.5 Å². The van der Waals surface area contributed by atoms with E-state index >= 15 is 0 Å². The third-order valence-corrected chi connectivity index (χ3v) is 3.74. The molecule has 1 N–H and O–H groups in total. The molecule has 2 aromatic carbocycles. The summed E-state index contributed by atoms with van der Waals surface area (Å²) in [5.41, 5.74) is 1.61. The average molecular weight is 323 g/mol. The maximum Gasteiger partial charge on any atom is 0.387 e. The van der Waals surface area contributed by atoms with E-state index in [2.05, 4.69) is 10.1 Å². The lowest BCUT2D eigenvalue weighted by atomic mass is 10.0. The molecule has 2 aromatic rings. The van der Waals surface area contributed by atoms with Crippen LogP contribution in [0.5, 0.6) is 5.75 Å². The number of benzene rings is 2. The molecule has 0 heterocycles. The Kier molecular flexibility index (Phi) is 6.04.